The third kappa shape index (κ3) is 3.85. The van der Waals surface area contributed by atoms with Crippen molar-refractivity contribution in [2.24, 2.45) is 0 Å². The van der Waals surface area contributed by atoms with E-state index in [0.717, 1.165) is 49.3 Å². The molecule has 0 unspecified atom stereocenters. The van der Waals surface area contributed by atoms with E-state index in [9.17, 15) is 9.90 Å². The predicted octanol–water partition coefficient (Wildman–Crippen LogP) is 1.57. The third-order valence-electron chi connectivity index (χ3n) is 5.94. The number of rotatable bonds is 3. The summed E-state index contributed by atoms with van der Waals surface area (Å²) in [6.07, 6.45) is 2.29. The normalized spacial score (nSPS) is 28.5. The number of hydrogen-bond donors (Lipinski definition) is 3. The Balaban J connectivity index is 1.36. The summed E-state index contributed by atoms with van der Waals surface area (Å²) < 4.78 is 6.18. The average Bonchev–Trinajstić information content (AvgIpc) is 3.01. The number of imidazole rings is 1. The molecule has 4 rings (SSSR count). The standard InChI is InChI=1S/C20H28N4O3/c1-14(25)21-17-12-27-20(13-19(17,2)26)7-9-24(10-8-20)11-18-22-15-5-3-4-6-16(15)23-18/h3-6,17,26H,7-13H2,1-2H3,(H,21,25)(H,22,23)/t17-,19-/m0/s1. The SMILES string of the molecule is CC(=O)N[C@H]1COC2(CCN(Cc3nc4ccccc4[nH]3)CC2)C[C@]1(C)O. The molecule has 2 saturated heterocycles. The van der Waals surface area contributed by atoms with Crippen molar-refractivity contribution in [3.8, 4) is 0 Å². The van der Waals surface area contributed by atoms with Crippen LogP contribution in [-0.4, -0.2) is 62.8 Å². The molecule has 3 N–H and O–H groups in total. The van der Waals surface area contributed by atoms with Gasteiger partial charge in [0.1, 0.15) is 5.82 Å². The number of para-hydroxylation sites is 2. The number of nitrogens with one attached hydrogen (secondary N) is 2. The summed E-state index contributed by atoms with van der Waals surface area (Å²) in [5, 5.41) is 13.7. The molecule has 1 spiro atoms. The number of hydrogen-bond acceptors (Lipinski definition) is 5. The molecule has 146 valence electrons. The third-order valence-corrected chi connectivity index (χ3v) is 5.94. The number of ether oxygens (including phenoxy) is 1. The van der Waals surface area contributed by atoms with E-state index in [4.69, 9.17) is 4.74 Å². The van der Waals surface area contributed by atoms with Crippen molar-refractivity contribution in [3.05, 3.63) is 30.1 Å². The van der Waals surface area contributed by atoms with E-state index in [1.807, 2.05) is 24.3 Å². The predicted molar refractivity (Wildman–Crippen MR) is 102 cm³/mol. The maximum Gasteiger partial charge on any atom is 0.217 e. The zero-order valence-electron chi connectivity index (χ0n) is 16.0. The number of likely N-dealkylation sites (tertiary alicyclic amines) is 1. The lowest BCUT2D eigenvalue weighted by Crippen LogP contribution is -2.63. The number of aromatic amines is 1. The van der Waals surface area contributed by atoms with Gasteiger partial charge in [-0.15, -0.1) is 0 Å². The highest BCUT2D eigenvalue weighted by Gasteiger charge is 2.49. The number of fused-ring (bicyclic) bond motifs is 1. The van der Waals surface area contributed by atoms with E-state index in [2.05, 4.69) is 20.2 Å². The zero-order chi connectivity index (χ0) is 19.1. The Bertz CT molecular complexity index is 790. The maximum absolute atomic E-state index is 11.4. The molecule has 0 aliphatic carbocycles. The van der Waals surface area contributed by atoms with Crippen molar-refractivity contribution >= 4 is 16.9 Å². The molecule has 7 heteroatoms. The first-order valence-electron chi connectivity index (χ1n) is 9.65. The van der Waals surface area contributed by atoms with Gasteiger partial charge in [-0.25, -0.2) is 4.98 Å². The van der Waals surface area contributed by atoms with Crippen molar-refractivity contribution in [2.45, 2.75) is 56.9 Å². The lowest BCUT2D eigenvalue weighted by molar-refractivity contribution is -0.189. The Morgan fingerprint density at radius 2 is 2.15 bits per heavy atom. The van der Waals surface area contributed by atoms with Crippen LogP contribution in [0.1, 0.15) is 38.9 Å². The van der Waals surface area contributed by atoms with E-state index in [0.29, 0.717) is 13.0 Å². The number of nitrogens with zero attached hydrogens (tertiary/aromatic N) is 2. The van der Waals surface area contributed by atoms with E-state index < -0.39 is 5.60 Å². The van der Waals surface area contributed by atoms with Crippen molar-refractivity contribution in [2.75, 3.05) is 19.7 Å². The second kappa shape index (κ2) is 6.89. The molecule has 1 aromatic carbocycles. The van der Waals surface area contributed by atoms with Crippen molar-refractivity contribution in [1.82, 2.24) is 20.2 Å². The van der Waals surface area contributed by atoms with Gasteiger partial charge >= 0.3 is 0 Å². The van der Waals surface area contributed by atoms with E-state index in [1.165, 1.54) is 6.92 Å². The number of carbonyl (C=O) groups is 1. The molecule has 7 nitrogen and oxygen atoms in total. The molecular formula is C20H28N4O3. The first-order valence-corrected chi connectivity index (χ1v) is 9.65. The van der Waals surface area contributed by atoms with Crippen LogP contribution in [0, 0.1) is 0 Å². The molecule has 1 amide bonds. The lowest BCUT2D eigenvalue weighted by atomic mass is 9.75. The van der Waals surface area contributed by atoms with Crippen LogP contribution < -0.4 is 5.32 Å². The Hall–Kier alpha value is -1.96. The van der Waals surface area contributed by atoms with Crippen LogP contribution in [0.5, 0.6) is 0 Å². The first kappa shape index (κ1) is 18.4. The monoisotopic (exact) mass is 372 g/mol. The highest BCUT2D eigenvalue weighted by Crippen LogP contribution is 2.39. The quantitative estimate of drug-likeness (QED) is 0.761. The first-order chi connectivity index (χ1) is 12.9. The van der Waals surface area contributed by atoms with Crippen LogP contribution in [0.4, 0.5) is 0 Å². The molecule has 2 aliphatic rings. The van der Waals surface area contributed by atoms with Gasteiger partial charge in [-0.05, 0) is 31.9 Å². The number of amides is 1. The summed E-state index contributed by atoms with van der Waals surface area (Å²) in [6.45, 7) is 6.22. The summed E-state index contributed by atoms with van der Waals surface area (Å²) >= 11 is 0. The minimum atomic E-state index is -0.954. The van der Waals surface area contributed by atoms with Gasteiger partial charge in [-0.1, -0.05) is 12.1 Å². The van der Waals surface area contributed by atoms with E-state index >= 15 is 0 Å². The Kier molecular flexibility index (Phi) is 4.70. The number of H-pyrrole nitrogens is 1. The summed E-state index contributed by atoms with van der Waals surface area (Å²) in [4.78, 5) is 21.8. The molecule has 2 aliphatic heterocycles. The van der Waals surface area contributed by atoms with Crippen LogP contribution in [0.15, 0.2) is 24.3 Å². The minimum Gasteiger partial charge on any atom is -0.388 e. The molecule has 2 aromatic rings. The zero-order valence-corrected chi connectivity index (χ0v) is 16.0. The molecule has 3 heterocycles. The topological polar surface area (TPSA) is 90.5 Å². The Morgan fingerprint density at radius 3 is 2.81 bits per heavy atom. The average molecular weight is 372 g/mol. The molecule has 1 aromatic heterocycles. The number of benzene rings is 1. The fourth-order valence-electron chi connectivity index (χ4n) is 4.44. The summed E-state index contributed by atoms with van der Waals surface area (Å²) in [6, 6.07) is 7.71. The fourth-order valence-corrected chi connectivity index (χ4v) is 4.44. The molecule has 0 saturated carbocycles. The summed E-state index contributed by atoms with van der Waals surface area (Å²) in [5.41, 5.74) is 0.807. The van der Waals surface area contributed by atoms with Crippen LogP contribution in [0.3, 0.4) is 0 Å². The van der Waals surface area contributed by atoms with Gasteiger partial charge in [-0.2, -0.15) is 0 Å². The van der Waals surface area contributed by atoms with Gasteiger partial charge in [0.05, 0.1) is 41.4 Å². The number of carbonyl (C=O) groups excluding carboxylic acids is 1. The van der Waals surface area contributed by atoms with Gasteiger partial charge in [0.2, 0.25) is 5.91 Å². The Morgan fingerprint density at radius 1 is 1.41 bits per heavy atom. The van der Waals surface area contributed by atoms with Crippen LogP contribution in [0.25, 0.3) is 11.0 Å². The van der Waals surface area contributed by atoms with Crippen LogP contribution in [0.2, 0.25) is 0 Å². The van der Waals surface area contributed by atoms with Gasteiger partial charge in [-0.3, -0.25) is 9.69 Å². The van der Waals surface area contributed by atoms with Gasteiger partial charge in [0.25, 0.3) is 0 Å². The van der Waals surface area contributed by atoms with Crippen molar-refractivity contribution in [3.63, 3.8) is 0 Å². The fraction of sp³-hybridized carbons (Fsp3) is 0.600. The van der Waals surface area contributed by atoms with Crippen molar-refractivity contribution < 1.29 is 14.6 Å². The molecular weight excluding hydrogens is 344 g/mol. The van der Waals surface area contributed by atoms with E-state index in [1.54, 1.807) is 6.92 Å². The maximum atomic E-state index is 11.4. The van der Waals surface area contributed by atoms with Crippen LogP contribution in [-0.2, 0) is 16.1 Å². The van der Waals surface area contributed by atoms with Gasteiger partial charge in [0, 0.05) is 26.4 Å². The largest absolute Gasteiger partial charge is 0.388 e. The van der Waals surface area contributed by atoms with Gasteiger partial charge in [0.15, 0.2) is 0 Å². The molecule has 0 radical (unpaired) electrons. The van der Waals surface area contributed by atoms with Crippen LogP contribution >= 0.6 is 0 Å². The second-order valence-electron chi connectivity index (χ2n) is 8.26. The molecule has 2 atom stereocenters. The van der Waals surface area contributed by atoms with Crippen molar-refractivity contribution in [1.29, 1.82) is 0 Å². The highest BCUT2D eigenvalue weighted by atomic mass is 16.5. The Labute approximate surface area is 159 Å². The molecule has 0 bridgehead atoms. The highest BCUT2D eigenvalue weighted by molar-refractivity contribution is 5.74. The lowest BCUT2D eigenvalue weighted by Gasteiger charge is -2.51. The minimum absolute atomic E-state index is 0.138. The number of aliphatic hydroxyl groups is 1. The van der Waals surface area contributed by atoms with Gasteiger partial charge < -0.3 is 20.1 Å². The molecule has 2 fully saturated rings. The smallest absolute Gasteiger partial charge is 0.217 e. The summed E-state index contributed by atoms with van der Waals surface area (Å²) in [7, 11) is 0. The summed E-state index contributed by atoms with van der Waals surface area (Å²) in [5.74, 6) is 0.843. The number of aromatic nitrogens is 2. The van der Waals surface area contributed by atoms with E-state index in [-0.39, 0.29) is 17.6 Å². The molecule has 27 heavy (non-hydrogen) atoms. The number of piperidine rings is 1. The second-order valence-corrected chi connectivity index (χ2v) is 8.26.